The molecule has 2 aliphatic rings. The van der Waals surface area contributed by atoms with Gasteiger partial charge in [0.25, 0.3) is 0 Å². The zero-order chi connectivity index (χ0) is 14.2. The van der Waals surface area contributed by atoms with Gasteiger partial charge >= 0.3 is 12.0 Å². The summed E-state index contributed by atoms with van der Waals surface area (Å²) in [5.41, 5.74) is 0. The van der Waals surface area contributed by atoms with E-state index < -0.39 is 24.1 Å². The Kier molecular flexibility index (Phi) is 3.96. The van der Waals surface area contributed by atoms with Crippen molar-refractivity contribution < 1.29 is 24.9 Å². The summed E-state index contributed by atoms with van der Waals surface area (Å²) in [6, 6.07) is -1.83. The van der Waals surface area contributed by atoms with Crippen LogP contribution >= 0.6 is 0 Å². The number of rotatable bonds is 3. The third-order valence-electron chi connectivity index (χ3n) is 3.97. The number of hydrogen-bond donors (Lipinski definition) is 4. The van der Waals surface area contributed by atoms with Gasteiger partial charge in [-0.3, -0.25) is 0 Å². The summed E-state index contributed by atoms with van der Waals surface area (Å²) >= 11 is 0. The highest BCUT2D eigenvalue weighted by Crippen LogP contribution is 2.35. The number of fused-ring (bicyclic) bond motifs is 2. The minimum Gasteiger partial charge on any atom is -0.480 e. The van der Waals surface area contributed by atoms with Crippen molar-refractivity contribution in [3.05, 3.63) is 0 Å². The van der Waals surface area contributed by atoms with Gasteiger partial charge in [0.2, 0.25) is 0 Å². The monoisotopic (exact) mass is 272 g/mol. The number of aliphatic carboxylic acids is 1. The van der Waals surface area contributed by atoms with Crippen molar-refractivity contribution in [3.8, 4) is 0 Å². The van der Waals surface area contributed by atoms with Gasteiger partial charge in [0, 0.05) is 12.1 Å². The lowest BCUT2D eigenvalue weighted by Crippen LogP contribution is -2.57. The van der Waals surface area contributed by atoms with Crippen molar-refractivity contribution in [2.75, 3.05) is 0 Å². The molecule has 7 heteroatoms. The number of nitrogens with zero attached hydrogens (tertiary/aromatic N) is 1. The number of carboxylic acids is 1. The minimum absolute atomic E-state index is 0.0304. The van der Waals surface area contributed by atoms with E-state index in [0.717, 1.165) is 12.8 Å². The van der Waals surface area contributed by atoms with Crippen molar-refractivity contribution in [2.24, 2.45) is 0 Å². The Balaban J connectivity index is 2.02. The first-order valence-electron chi connectivity index (χ1n) is 6.58. The summed E-state index contributed by atoms with van der Waals surface area (Å²) in [5, 5.41) is 30.3. The number of carbonyl (C=O) groups is 2. The first-order valence-corrected chi connectivity index (χ1v) is 6.58. The third kappa shape index (κ3) is 2.82. The maximum Gasteiger partial charge on any atom is 0.328 e. The van der Waals surface area contributed by atoms with Gasteiger partial charge in [-0.05, 0) is 32.6 Å². The number of nitrogens with one attached hydrogen (secondary N) is 1. The number of aliphatic hydroxyl groups excluding tert-OH is 2. The van der Waals surface area contributed by atoms with Gasteiger partial charge in [-0.25, -0.2) is 9.59 Å². The predicted octanol–water partition coefficient (Wildman–Crippen LogP) is -0.482. The molecule has 0 aliphatic carbocycles. The molecule has 0 aromatic rings. The van der Waals surface area contributed by atoms with Gasteiger partial charge in [-0.2, -0.15) is 0 Å². The van der Waals surface area contributed by atoms with Crippen LogP contribution in [0.4, 0.5) is 4.79 Å². The molecule has 0 radical (unpaired) electrons. The Morgan fingerprint density at radius 1 is 1.26 bits per heavy atom. The van der Waals surface area contributed by atoms with Crippen molar-refractivity contribution in [3.63, 3.8) is 0 Å². The molecule has 2 aliphatic heterocycles. The van der Waals surface area contributed by atoms with Gasteiger partial charge in [-0.15, -0.1) is 0 Å². The number of hydrogen-bond acceptors (Lipinski definition) is 4. The number of urea groups is 1. The lowest BCUT2D eigenvalue weighted by atomic mass is 10.0. The fourth-order valence-electron chi connectivity index (χ4n) is 3.08. The van der Waals surface area contributed by atoms with E-state index in [9.17, 15) is 19.8 Å². The van der Waals surface area contributed by atoms with E-state index in [1.165, 1.54) is 6.92 Å². The molecule has 7 nitrogen and oxygen atoms in total. The van der Waals surface area contributed by atoms with Crippen molar-refractivity contribution in [1.29, 1.82) is 0 Å². The molecule has 2 amide bonds. The molecule has 0 spiro atoms. The highest BCUT2D eigenvalue weighted by Gasteiger charge is 2.43. The normalized spacial score (nSPS) is 32.8. The number of aliphatic hydroxyl groups is 2. The van der Waals surface area contributed by atoms with E-state index in [0.29, 0.717) is 12.8 Å². The average molecular weight is 272 g/mol. The maximum absolute atomic E-state index is 12.1. The van der Waals surface area contributed by atoms with Crippen molar-refractivity contribution >= 4 is 12.0 Å². The molecular weight excluding hydrogens is 252 g/mol. The van der Waals surface area contributed by atoms with Gasteiger partial charge < -0.3 is 25.5 Å². The quantitative estimate of drug-likeness (QED) is 0.554. The second kappa shape index (κ2) is 5.34. The van der Waals surface area contributed by atoms with E-state index in [1.54, 1.807) is 4.90 Å². The zero-order valence-electron chi connectivity index (χ0n) is 10.8. The molecule has 108 valence electrons. The standard InChI is InChI=1S/C12H20N2O5/c1-6(15)10(11(17)18)13-12(19)14-7-2-3-8(14)5-9(16)4-7/h6-10,15-16H,2-5H2,1H3,(H,13,19)(H,17,18). The molecule has 0 saturated carbocycles. The van der Waals surface area contributed by atoms with Crippen LogP contribution in [0.25, 0.3) is 0 Å². The number of amides is 2. The minimum atomic E-state index is -1.31. The highest BCUT2D eigenvalue weighted by molar-refractivity contribution is 5.83. The summed E-state index contributed by atoms with van der Waals surface area (Å²) in [6.45, 7) is 1.33. The summed E-state index contributed by atoms with van der Waals surface area (Å²) < 4.78 is 0. The second-order valence-electron chi connectivity index (χ2n) is 5.42. The topological polar surface area (TPSA) is 110 Å². The van der Waals surface area contributed by atoms with Crippen LogP contribution in [0.5, 0.6) is 0 Å². The fourth-order valence-corrected chi connectivity index (χ4v) is 3.08. The van der Waals surface area contributed by atoms with E-state index in [1.807, 2.05) is 0 Å². The summed E-state index contributed by atoms with van der Waals surface area (Å²) in [6.07, 6.45) is 1.21. The van der Waals surface area contributed by atoms with E-state index >= 15 is 0 Å². The predicted molar refractivity (Wildman–Crippen MR) is 65.5 cm³/mol. The Labute approximate surface area is 111 Å². The molecule has 2 bridgehead atoms. The molecule has 2 saturated heterocycles. The van der Waals surface area contributed by atoms with Gasteiger partial charge in [-0.1, -0.05) is 0 Å². The number of piperidine rings is 1. The lowest BCUT2D eigenvalue weighted by molar-refractivity contribution is -0.141. The first kappa shape index (κ1) is 14.1. The Hall–Kier alpha value is -1.34. The van der Waals surface area contributed by atoms with E-state index in [4.69, 9.17) is 5.11 Å². The van der Waals surface area contributed by atoms with Crippen LogP contribution in [-0.4, -0.2) is 62.6 Å². The average Bonchev–Trinajstić information content (AvgIpc) is 2.57. The van der Waals surface area contributed by atoms with Gasteiger partial charge in [0.1, 0.15) is 0 Å². The van der Waals surface area contributed by atoms with Crippen LogP contribution in [-0.2, 0) is 4.79 Å². The van der Waals surface area contributed by atoms with Crippen LogP contribution in [0.2, 0.25) is 0 Å². The second-order valence-corrected chi connectivity index (χ2v) is 5.42. The van der Waals surface area contributed by atoms with Crippen molar-refractivity contribution in [1.82, 2.24) is 10.2 Å². The molecule has 0 aromatic heterocycles. The SMILES string of the molecule is CC(O)C(NC(=O)N1C2CCC1CC(O)C2)C(=O)O. The number of carbonyl (C=O) groups excluding carboxylic acids is 1. The summed E-state index contributed by atoms with van der Waals surface area (Å²) in [5.74, 6) is -1.26. The molecule has 0 aromatic carbocycles. The first-order chi connectivity index (χ1) is 8.90. The fraction of sp³-hybridized carbons (Fsp3) is 0.833. The van der Waals surface area contributed by atoms with Crippen LogP contribution < -0.4 is 5.32 Å². The molecule has 19 heavy (non-hydrogen) atoms. The van der Waals surface area contributed by atoms with Crippen LogP contribution in [0.1, 0.15) is 32.6 Å². The van der Waals surface area contributed by atoms with Crippen LogP contribution in [0.3, 0.4) is 0 Å². The van der Waals surface area contributed by atoms with E-state index in [-0.39, 0.29) is 18.2 Å². The Morgan fingerprint density at radius 3 is 2.21 bits per heavy atom. The van der Waals surface area contributed by atoms with Crippen LogP contribution in [0, 0.1) is 0 Å². The molecule has 4 unspecified atom stereocenters. The summed E-state index contributed by atoms with van der Waals surface area (Å²) in [7, 11) is 0. The Bertz CT molecular complexity index is 359. The molecule has 4 atom stereocenters. The molecule has 2 heterocycles. The maximum atomic E-state index is 12.1. The zero-order valence-corrected chi connectivity index (χ0v) is 10.8. The largest absolute Gasteiger partial charge is 0.480 e. The molecule has 4 N–H and O–H groups in total. The number of carboxylic acid groups (broad SMARTS) is 1. The van der Waals surface area contributed by atoms with Gasteiger partial charge in [0.15, 0.2) is 6.04 Å². The van der Waals surface area contributed by atoms with E-state index in [2.05, 4.69) is 5.32 Å². The lowest BCUT2D eigenvalue weighted by Gasteiger charge is -2.37. The third-order valence-corrected chi connectivity index (χ3v) is 3.97. The smallest absolute Gasteiger partial charge is 0.328 e. The molecule has 2 rings (SSSR count). The molecule has 2 fully saturated rings. The summed E-state index contributed by atoms with van der Waals surface area (Å²) in [4.78, 5) is 24.7. The Morgan fingerprint density at radius 2 is 1.79 bits per heavy atom. The van der Waals surface area contributed by atoms with Crippen LogP contribution in [0.15, 0.2) is 0 Å². The molecular formula is C12H20N2O5. The highest BCUT2D eigenvalue weighted by atomic mass is 16.4. The van der Waals surface area contributed by atoms with Crippen molar-refractivity contribution in [2.45, 2.75) is 62.9 Å². The van der Waals surface area contributed by atoms with Gasteiger partial charge in [0.05, 0.1) is 12.2 Å².